The summed E-state index contributed by atoms with van der Waals surface area (Å²) in [5, 5.41) is 4.63. The summed E-state index contributed by atoms with van der Waals surface area (Å²) in [7, 11) is 0. The van der Waals surface area contributed by atoms with E-state index < -0.39 is 0 Å². The molecule has 2 heterocycles. The fourth-order valence-electron chi connectivity index (χ4n) is 4.17. The molecule has 6 nitrogen and oxygen atoms in total. The Bertz CT molecular complexity index is 1220. The molecule has 2 fully saturated rings. The Morgan fingerprint density at radius 2 is 0.972 bits per heavy atom. The molecule has 2 aliphatic heterocycles. The second kappa shape index (κ2) is 10.8. The lowest BCUT2D eigenvalue weighted by atomic mass is 10.1. The quantitative estimate of drug-likeness (QED) is 0.189. The average Bonchev–Trinajstić information content (AvgIpc) is 3.83. The van der Waals surface area contributed by atoms with E-state index in [1.165, 1.54) is 10.8 Å². The summed E-state index contributed by atoms with van der Waals surface area (Å²) < 4.78 is 33.6. The Balaban J connectivity index is 0.973. The Morgan fingerprint density at radius 1 is 0.556 bits per heavy atom. The van der Waals surface area contributed by atoms with Crippen LogP contribution >= 0.6 is 0 Å². The molecule has 0 spiro atoms. The van der Waals surface area contributed by atoms with Crippen molar-refractivity contribution in [3.05, 3.63) is 83.9 Å². The normalized spacial score (nSPS) is 18.4. The molecule has 186 valence electrons. The highest BCUT2D eigenvalue weighted by Gasteiger charge is 2.22. The Kier molecular flexibility index (Phi) is 7.01. The number of epoxide rings is 2. The first-order valence-corrected chi connectivity index (χ1v) is 12.5. The van der Waals surface area contributed by atoms with E-state index in [-0.39, 0.29) is 0 Å². The van der Waals surface area contributed by atoms with Crippen molar-refractivity contribution in [1.82, 2.24) is 0 Å². The highest BCUT2D eigenvalue weighted by Crippen LogP contribution is 2.24. The molecule has 0 radical (unpaired) electrons. The molecule has 4 aromatic carbocycles. The minimum absolute atomic E-state index is 0.293. The van der Waals surface area contributed by atoms with Gasteiger partial charge in [0.1, 0.15) is 36.9 Å². The van der Waals surface area contributed by atoms with Crippen LogP contribution < -0.4 is 9.47 Å². The van der Waals surface area contributed by atoms with Gasteiger partial charge in [-0.05, 0) is 69.1 Å². The third-order valence-electron chi connectivity index (χ3n) is 6.32. The van der Waals surface area contributed by atoms with E-state index in [0.29, 0.717) is 51.8 Å². The smallest absolute Gasteiger partial charge is 0.122 e. The van der Waals surface area contributed by atoms with Crippen LogP contribution in [0.3, 0.4) is 0 Å². The topological polar surface area (TPSA) is 62.0 Å². The van der Waals surface area contributed by atoms with Crippen molar-refractivity contribution >= 4 is 21.5 Å². The largest absolute Gasteiger partial charge is 0.490 e. The van der Waals surface area contributed by atoms with Gasteiger partial charge in [0, 0.05) is 0 Å². The van der Waals surface area contributed by atoms with Crippen LogP contribution in [0.1, 0.15) is 11.1 Å². The zero-order valence-electron chi connectivity index (χ0n) is 20.2. The van der Waals surface area contributed by atoms with Gasteiger partial charge in [-0.2, -0.15) is 0 Å². The van der Waals surface area contributed by atoms with Crippen LogP contribution in [0.5, 0.6) is 11.5 Å². The Morgan fingerprint density at radius 3 is 1.42 bits per heavy atom. The van der Waals surface area contributed by atoms with Crippen molar-refractivity contribution in [2.24, 2.45) is 0 Å². The van der Waals surface area contributed by atoms with Gasteiger partial charge in [-0.1, -0.05) is 36.4 Å². The predicted molar refractivity (Wildman–Crippen MR) is 138 cm³/mol. The van der Waals surface area contributed by atoms with Gasteiger partial charge in [0.15, 0.2) is 0 Å². The summed E-state index contributed by atoms with van der Waals surface area (Å²) in [5.41, 5.74) is 2.32. The fourth-order valence-corrected chi connectivity index (χ4v) is 4.17. The second-order valence-corrected chi connectivity index (χ2v) is 9.32. The molecule has 36 heavy (non-hydrogen) atoms. The molecule has 2 unspecified atom stereocenters. The van der Waals surface area contributed by atoms with Crippen molar-refractivity contribution in [3.63, 3.8) is 0 Å². The summed E-state index contributed by atoms with van der Waals surface area (Å²) >= 11 is 0. The van der Waals surface area contributed by atoms with Crippen molar-refractivity contribution in [2.45, 2.75) is 25.4 Å². The van der Waals surface area contributed by atoms with E-state index in [1.54, 1.807) is 0 Å². The maximum absolute atomic E-state index is 5.94. The van der Waals surface area contributed by atoms with Crippen LogP contribution in [0.4, 0.5) is 0 Å². The minimum atomic E-state index is 0.293. The third-order valence-corrected chi connectivity index (χ3v) is 6.32. The molecule has 4 aromatic rings. The minimum Gasteiger partial charge on any atom is -0.490 e. The lowest BCUT2D eigenvalue weighted by molar-refractivity contribution is 0.104. The van der Waals surface area contributed by atoms with Gasteiger partial charge >= 0.3 is 0 Å². The average molecular weight is 487 g/mol. The van der Waals surface area contributed by atoms with Crippen LogP contribution in [-0.2, 0) is 32.2 Å². The monoisotopic (exact) mass is 486 g/mol. The van der Waals surface area contributed by atoms with Gasteiger partial charge in [0.25, 0.3) is 0 Å². The molecule has 6 heteroatoms. The number of hydrogen-bond donors (Lipinski definition) is 0. The number of rotatable bonds is 13. The van der Waals surface area contributed by atoms with Crippen molar-refractivity contribution in [3.8, 4) is 11.5 Å². The maximum Gasteiger partial charge on any atom is 0.122 e. The molecule has 0 aliphatic carbocycles. The molecule has 0 bridgehead atoms. The van der Waals surface area contributed by atoms with Crippen LogP contribution in [0.25, 0.3) is 21.5 Å². The highest BCUT2D eigenvalue weighted by atomic mass is 16.6. The van der Waals surface area contributed by atoms with E-state index in [1.807, 2.05) is 12.1 Å². The molecule has 2 atom stereocenters. The summed E-state index contributed by atoms with van der Waals surface area (Å²) in [5.74, 6) is 1.67. The second-order valence-electron chi connectivity index (χ2n) is 9.32. The standard InChI is InChI=1S/C30H30O6/c1-3-25-13-27(7-5-23(25)11-21(1)15-31-17-29-19-35-29)33-9-10-34-28-8-6-24-12-22(2-4-26(24)14-28)16-32-18-30-20-36-30/h1-8,11-14,29-30H,9-10,15-20H2. The zero-order chi connectivity index (χ0) is 24.2. The lowest BCUT2D eigenvalue weighted by Gasteiger charge is -2.11. The van der Waals surface area contributed by atoms with Gasteiger partial charge < -0.3 is 28.4 Å². The van der Waals surface area contributed by atoms with Crippen LogP contribution in [-0.4, -0.2) is 51.8 Å². The zero-order valence-corrected chi connectivity index (χ0v) is 20.2. The lowest BCUT2D eigenvalue weighted by Crippen LogP contribution is -2.09. The first kappa shape index (κ1) is 23.3. The molecule has 0 aromatic heterocycles. The Labute approximate surface area is 210 Å². The van der Waals surface area contributed by atoms with E-state index in [9.17, 15) is 0 Å². The molecule has 0 saturated carbocycles. The molecule has 0 N–H and O–H groups in total. The first-order chi connectivity index (χ1) is 17.8. The number of hydrogen-bond acceptors (Lipinski definition) is 6. The van der Waals surface area contributed by atoms with Gasteiger partial charge in [-0.15, -0.1) is 0 Å². The van der Waals surface area contributed by atoms with Crippen LogP contribution in [0.2, 0.25) is 0 Å². The fraction of sp³-hybridized carbons (Fsp3) is 0.333. The summed E-state index contributed by atoms with van der Waals surface area (Å²) in [6.45, 7) is 5.12. The number of ether oxygens (including phenoxy) is 6. The van der Waals surface area contributed by atoms with Gasteiger partial charge in [0.05, 0.1) is 39.6 Å². The van der Waals surface area contributed by atoms with Gasteiger partial charge in [-0.3, -0.25) is 0 Å². The van der Waals surface area contributed by atoms with Gasteiger partial charge in [-0.25, -0.2) is 0 Å². The van der Waals surface area contributed by atoms with E-state index in [2.05, 4.69) is 60.7 Å². The first-order valence-electron chi connectivity index (χ1n) is 12.5. The highest BCUT2D eigenvalue weighted by molar-refractivity contribution is 5.85. The Hall–Kier alpha value is -3.16. The molecule has 2 aliphatic rings. The van der Waals surface area contributed by atoms with Crippen molar-refractivity contribution in [2.75, 3.05) is 39.6 Å². The number of fused-ring (bicyclic) bond motifs is 2. The van der Waals surface area contributed by atoms with Crippen molar-refractivity contribution in [1.29, 1.82) is 0 Å². The number of benzene rings is 4. The summed E-state index contributed by atoms with van der Waals surface area (Å²) in [4.78, 5) is 0. The molecule has 2 saturated heterocycles. The predicted octanol–water partition coefficient (Wildman–Crippen LogP) is 5.28. The molecular weight excluding hydrogens is 456 g/mol. The van der Waals surface area contributed by atoms with E-state index >= 15 is 0 Å². The van der Waals surface area contributed by atoms with E-state index in [0.717, 1.165) is 46.6 Å². The van der Waals surface area contributed by atoms with E-state index in [4.69, 9.17) is 28.4 Å². The molecular formula is C30H30O6. The van der Waals surface area contributed by atoms with Crippen molar-refractivity contribution < 1.29 is 28.4 Å². The SMILES string of the molecule is c1cc2cc(OCCOc3ccc4cc(COCC5CO5)ccc4c3)ccc2cc1COCC1CO1. The summed E-state index contributed by atoms with van der Waals surface area (Å²) in [6, 6.07) is 25.0. The third kappa shape index (κ3) is 6.33. The maximum atomic E-state index is 5.94. The molecule has 6 rings (SSSR count). The van der Waals surface area contributed by atoms with Gasteiger partial charge in [0.2, 0.25) is 0 Å². The molecule has 0 amide bonds. The summed E-state index contributed by atoms with van der Waals surface area (Å²) in [6.07, 6.45) is 0.586. The van der Waals surface area contributed by atoms with Crippen LogP contribution in [0, 0.1) is 0 Å². The van der Waals surface area contributed by atoms with Crippen LogP contribution in [0.15, 0.2) is 72.8 Å².